The monoisotopic (exact) mass is 198 g/mol. The highest BCUT2D eigenvalue weighted by molar-refractivity contribution is 5.96. The molecule has 80 valence electrons. The Morgan fingerprint density at radius 3 is 1.86 bits per heavy atom. The molecule has 1 saturated carbocycles. The van der Waals surface area contributed by atoms with Crippen LogP contribution in [0.1, 0.15) is 39.0 Å². The van der Waals surface area contributed by atoms with Crippen LogP contribution in [0.3, 0.4) is 0 Å². The van der Waals surface area contributed by atoms with Gasteiger partial charge in [-0.3, -0.25) is 0 Å². The van der Waals surface area contributed by atoms with Crippen LogP contribution in [0.25, 0.3) is 0 Å². The summed E-state index contributed by atoms with van der Waals surface area (Å²) < 4.78 is 0. The van der Waals surface area contributed by atoms with Gasteiger partial charge < -0.3 is 19.8 Å². The number of carboxylic acid groups (broad SMARTS) is 2. The molecule has 0 atom stereocenters. The van der Waals surface area contributed by atoms with Crippen LogP contribution >= 0.6 is 0 Å². The summed E-state index contributed by atoms with van der Waals surface area (Å²) in [7, 11) is 0. The number of carbonyl (C=O) groups excluding carboxylic acids is 2. The topological polar surface area (TPSA) is 80.3 Å². The number of aliphatic carboxylic acids is 2. The second-order valence-electron chi connectivity index (χ2n) is 4.11. The minimum Gasteiger partial charge on any atom is -0.549 e. The molecule has 14 heavy (non-hydrogen) atoms. The average Bonchev–Trinajstić information content (AvgIpc) is 2.17. The normalized spacial score (nSPS) is 19.2. The highest BCUT2D eigenvalue weighted by atomic mass is 16.4. The predicted molar refractivity (Wildman–Crippen MR) is 44.7 cm³/mol. The first kappa shape index (κ1) is 11.0. The summed E-state index contributed by atoms with van der Waals surface area (Å²) >= 11 is 0. The molecule has 0 saturated heterocycles. The van der Waals surface area contributed by atoms with E-state index in [0.717, 1.165) is 19.3 Å². The summed E-state index contributed by atoms with van der Waals surface area (Å²) in [6.45, 7) is 1.20. The van der Waals surface area contributed by atoms with Gasteiger partial charge in [0, 0.05) is 5.41 Å². The lowest BCUT2D eigenvalue weighted by Crippen LogP contribution is -2.56. The fourth-order valence-corrected chi connectivity index (χ4v) is 2.10. The zero-order chi connectivity index (χ0) is 10.8. The van der Waals surface area contributed by atoms with E-state index in [0.29, 0.717) is 12.8 Å². The molecule has 0 N–H and O–H groups in total. The lowest BCUT2D eigenvalue weighted by atomic mass is 9.70. The van der Waals surface area contributed by atoms with Crippen LogP contribution in [0.4, 0.5) is 0 Å². The molecule has 1 fully saturated rings. The second kappa shape index (κ2) is 3.98. The van der Waals surface area contributed by atoms with E-state index in [9.17, 15) is 19.8 Å². The Morgan fingerprint density at radius 1 is 1.07 bits per heavy atom. The van der Waals surface area contributed by atoms with E-state index in [2.05, 4.69) is 0 Å². The van der Waals surface area contributed by atoms with Crippen LogP contribution < -0.4 is 10.2 Å². The maximum Gasteiger partial charge on any atom is 0.0532 e. The van der Waals surface area contributed by atoms with Gasteiger partial charge in [0.05, 0.1) is 11.9 Å². The number of carboxylic acids is 2. The molecule has 1 rings (SSSR count). The molecule has 4 heteroatoms. The number of hydrogen-bond donors (Lipinski definition) is 0. The first-order valence-electron chi connectivity index (χ1n) is 4.92. The highest BCUT2D eigenvalue weighted by Crippen LogP contribution is 2.37. The minimum absolute atomic E-state index is 0.341. The maximum atomic E-state index is 10.8. The summed E-state index contributed by atoms with van der Waals surface area (Å²) in [6.07, 6.45) is 4.10. The summed E-state index contributed by atoms with van der Waals surface area (Å²) in [6, 6.07) is 0. The zero-order valence-electron chi connectivity index (χ0n) is 8.25. The van der Waals surface area contributed by atoms with Gasteiger partial charge in [-0.1, -0.05) is 19.3 Å². The van der Waals surface area contributed by atoms with Gasteiger partial charge in [-0.2, -0.15) is 0 Å². The van der Waals surface area contributed by atoms with Gasteiger partial charge in [-0.15, -0.1) is 0 Å². The number of hydrogen-bond acceptors (Lipinski definition) is 4. The van der Waals surface area contributed by atoms with Crippen molar-refractivity contribution in [3.63, 3.8) is 0 Å². The molecule has 0 radical (unpaired) electrons. The Bertz CT molecular complexity index is 227. The van der Waals surface area contributed by atoms with Crippen LogP contribution in [0.5, 0.6) is 0 Å². The van der Waals surface area contributed by atoms with E-state index in [4.69, 9.17) is 0 Å². The molecule has 0 aliphatic heterocycles. The van der Waals surface area contributed by atoms with Crippen molar-refractivity contribution >= 4 is 11.9 Å². The molecule has 0 aromatic carbocycles. The maximum absolute atomic E-state index is 10.8. The predicted octanol–water partition coefficient (Wildman–Crippen LogP) is -0.927. The molecule has 0 spiro atoms. The van der Waals surface area contributed by atoms with Gasteiger partial charge in [-0.05, 0) is 25.7 Å². The molecule has 0 unspecified atom stereocenters. The van der Waals surface area contributed by atoms with Crippen molar-refractivity contribution in [3.05, 3.63) is 0 Å². The van der Waals surface area contributed by atoms with Crippen LogP contribution in [-0.4, -0.2) is 11.9 Å². The fourth-order valence-electron chi connectivity index (χ4n) is 2.10. The molecule has 0 heterocycles. The van der Waals surface area contributed by atoms with Crippen LogP contribution in [0.2, 0.25) is 0 Å². The van der Waals surface area contributed by atoms with E-state index in [1.54, 1.807) is 0 Å². The Hall–Kier alpha value is -1.06. The molecule has 1 aliphatic carbocycles. The van der Waals surface area contributed by atoms with Gasteiger partial charge in [0.1, 0.15) is 0 Å². The standard InChI is InChI=1S/C10H16O4/c1-10(8(11)12,9(13)14)7-5-3-2-4-6-7/h7H,2-6H2,1H3,(H,11,12)(H,13,14)/p-2. The Kier molecular flexibility index (Phi) is 3.13. The lowest BCUT2D eigenvalue weighted by molar-refractivity contribution is -0.346. The quantitative estimate of drug-likeness (QED) is 0.549. The van der Waals surface area contributed by atoms with Crippen LogP contribution in [0, 0.1) is 11.3 Å². The minimum atomic E-state index is -1.82. The van der Waals surface area contributed by atoms with E-state index in [1.165, 1.54) is 6.92 Å². The van der Waals surface area contributed by atoms with Crippen molar-refractivity contribution in [2.75, 3.05) is 0 Å². The molecule has 0 aromatic heterocycles. The number of rotatable bonds is 3. The van der Waals surface area contributed by atoms with Crippen molar-refractivity contribution in [1.82, 2.24) is 0 Å². The van der Waals surface area contributed by atoms with Gasteiger partial charge in [-0.25, -0.2) is 0 Å². The fraction of sp³-hybridized carbons (Fsp3) is 0.800. The molecule has 0 aromatic rings. The lowest BCUT2D eigenvalue weighted by Gasteiger charge is -2.41. The van der Waals surface area contributed by atoms with E-state index < -0.39 is 17.4 Å². The second-order valence-corrected chi connectivity index (χ2v) is 4.11. The van der Waals surface area contributed by atoms with Gasteiger partial charge in [0.25, 0.3) is 0 Å². The Labute approximate surface area is 82.9 Å². The van der Waals surface area contributed by atoms with Gasteiger partial charge in [0.15, 0.2) is 0 Å². The molecular formula is C10H14O4-2. The van der Waals surface area contributed by atoms with Crippen molar-refractivity contribution < 1.29 is 19.8 Å². The van der Waals surface area contributed by atoms with E-state index in [1.807, 2.05) is 0 Å². The summed E-state index contributed by atoms with van der Waals surface area (Å²) in [4.78, 5) is 21.7. The van der Waals surface area contributed by atoms with Crippen molar-refractivity contribution in [2.45, 2.75) is 39.0 Å². The third kappa shape index (κ3) is 1.74. The molecule has 1 aliphatic rings. The van der Waals surface area contributed by atoms with Gasteiger partial charge >= 0.3 is 0 Å². The molecule has 0 amide bonds. The molecular weight excluding hydrogens is 184 g/mol. The van der Waals surface area contributed by atoms with Crippen molar-refractivity contribution in [3.8, 4) is 0 Å². The van der Waals surface area contributed by atoms with Crippen molar-refractivity contribution in [1.29, 1.82) is 0 Å². The SMILES string of the molecule is CC(C(=O)[O-])(C(=O)[O-])C1CCCCC1. The Morgan fingerprint density at radius 2 is 1.50 bits per heavy atom. The summed E-state index contributed by atoms with van der Waals surface area (Å²) in [5.74, 6) is -3.39. The highest BCUT2D eigenvalue weighted by Gasteiger charge is 2.37. The van der Waals surface area contributed by atoms with E-state index in [-0.39, 0.29) is 5.92 Å². The first-order valence-corrected chi connectivity index (χ1v) is 4.92. The first-order chi connectivity index (χ1) is 6.49. The molecule has 0 bridgehead atoms. The van der Waals surface area contributed by atoms with Crippen molar-refractivity contribution in [2.24, 2.45) is 11.3 Å². The average molecular weight is 198 g/mol. The summed E-state index contributed by atoms with van der Waals surface area (Å²) in [5.41, 5.74) is -1.82. The largest absolute Gasteiger partial charge is 0.549 e. The zero-order valence-corrected chi connectivity index (χ0v) is 8.25. The summed E-state index contributed by atoms with van der Waals surface area (Å²) in [5, 5.41) is 21.7. The number of carbonyl (C=O) groups is 2. The smallest absolute Gasteiger partial charge is 0.0532 e. The Balaban J connectivity index is 2.86. The van der Waals surface area contributed by atoms with E-state index >= 15 is 0 Å². The van der Waals surface area contributed by atoms with Gasteiger partial charge in [0.2, 0.25) is 0 Å². The molecule has 4 nitrogen and oxygen atoms in total. The van der Waals surface area contributed by atoms with Crippen LogP contribution in [-0.2, 0) is 9.59 Å². The third-order valence-electron chi connectivity index (χ3n) is 3.27. The third-order valence-corrected chi connectivity index (χ3v) is 3.27. The van der Waals surface area contributed by atoms with Crippen LogP contribution in [0.15, 0.2) is 0 Å².